The van der Waals surface area contributed by atoms with Gasteiger partial charge >= 0.3 is 0 Å². The molecule has 0 bridgehead atoms. The van der Waals surface area contributed by atoms with Crippen molar-refractivity contribution in [2.75, 3.05) is 46.6 Å². The molecular weight excluding hydrogens is 335 g/mol. The van der Waals surface area contributed by atoms with E-state index in [4.69, 9.17) is 9.47 Å². The van der Waals surface area contributed by atoms with Gasteiger partial charge in [-0.2, -0.15) is 0 Å². The Morgan fingerprint density at radius 3 is 2.71 bits per heavy atom. The van der Waals surface area contributed by atoms with Crippen LogP contribution in [0.5, 0.6) is 0 Å². The van der Waals surface area contributed by atoms with Crippen molar-refractivity contribution in [3.63, 3.8) is 0 Å². The highest BCUT2D eigenvalue weighted by Crippen LogP contribution is 2.35. The van der Waals surface area contributed by atoms with E-state index in [1.807, 2.05) is 6.07 Å². The third kappa shape index (κ3) is 5.41. The number of amides is 1. The van der Waals surface area contributed by atoms with E-state index in [2.05, 4.69) is 10.6 Å². The third-order valence-electron chi connectivity index (χ3n) is 4.23. The summed E-state index contributed by atoms with van der Waals surface area (Å²) < 4.78 is 23.9. The van der Waals surface area contributed by atoms with Crippen molar-refractivity contribution in [1.29, 1.82) is 0 Å². The lowest BCUT2D eigenvalue weighted by Crippen LogP contribution is -2.49. The highest BCUT2D eigenvalue weighted by molar-refractivity contribution is 5.88. The van der Waals surface area contributed by atoms with E-state index < -0.39 is 5.41 Å². The fourth-order valence-corrected chi connectivity index (χ4v) is 2.89. The number of ether oxygens (including phenoxy) is 2. The van der Waals surface area contributed by atoms with Crippen molar-refractivity contribution < 1.29 is 18.7 Å². The first-order valence-electron chi connectivity index (χ1n) is 8.01. The Kier molecular flexibility index (Phi) is 9.21. The molecule has 1 aromatic rings. The van der Waals surface area contributed by atoms with Crippen LogP contribution in [-0.2, 0) is 19.7 Å². The van der Waals surface area contributed by atoms with Gasteiger partial charge in [0.15, 0.2) is 0 Å². The number of methoxy groups -OCH3 is 1. The summed E-state index contributed by atoms with van der Waals surface area (Å²) in [5.41, 5.74) is 0.0259. The fourth-order valence-electron chi connectivity index (χ4n) is 2.89. The van der Waals surface area contributed by atoms with Crippen molar-refractivity contribution in [3.05, 3.63) is 35.6 Å². The molecule has 24 heavy (non-hydrogen) atoms. The van der Waals surface area contributed by atoms with Crippen molar-refractivity contribution in [2.24, 2.45) is 0 Å². The highest BCUT2D eigenvalue weighted by atomic mass is 35.5. The molecule has 0 aromatic heterocycles. The summed E-state index contributed by atoms with van der Waals surface area (Å²) in [7, 11) is 1.65. The fraction of sp³-hybridized carbons (Fsp3) is 0.588. The second kappa shape index (κ2) is 10.6. The molecule has 1 fully saturated rings. The van der Waals surface area contributed by atoms with Crippen LogP contribution in [0.1, 0.15) is 18.4 Å². The molecule has 0 atom stereocenters. The second-order valence-electron chi connectivity index (χ2n) is 5.70. The molecule has 0 saturated carbocycles. The zero-order valence-electron chi connectivity index (χ0n) is 14.0. The van der Waals surface area contributed by atoms with E-state index in [-0.39, 0.29) is 24.1 Å². The molecule has 0 unspecified atom stereocenters. The summed E-state index contributed by atoms with van der Waals surface area (Å²) in [5.74, 6) is -0.373. The normalized spacial score (nSPS) is 16.2. The lowest BCUT2D eigenvalue weighted by Gasteiger charge is -2.36. The van der Waals surface area contributed by atoms with Gasteiger partial charge in [0.05, 0.1) is 12.0 Å². The first kappa shape index (κ1) is 20.8. The number of rotatable bonds is 8. The van der Waals surface area contributed by atoms with Crippen LogP contribution < -0.4 is 10.6 Å². The molecule has 0 aliphatic carbocycles. The molecule has 1 saturated heterocycles. The largest absolute Gasteiger partial charge is 0.383 e. The van der Waals surface area contributed by atoms with E-state index in [9.17, 15) is 9.18 Å². The zero-order chi connectivity index (χ0) is 16.5. The molecule has 1 amide bonds. The number of nitrogens with one attached hydrogen (secondary N) is 2. The molecule has 1 aliphatic heterocycles. The maximum Gasteiger partial charge on any atom is 0.230 e. The molecular formula is C17H26ClFN2O3. The number of benzene rings is 1. The van der Waals surface area contributed by atoms with Gasteiger partial charge in [-0.15, -0.1) is 12.4 Å². The van der Waals surface area contributed by atoms with Gasteiger partial charge in [-0.3, -0.25) is 4.79 Å². The van der Waals surface area contributed by atoms with E-state index >= 15 is 0 Å². The number of carbonyl (C=O) groups excluding carboxylic acids is 1. The topological polar surface area (TPSA) is 59.6 Å². The number of hydrogen-bond acceptors (Lipinski definition) is 4. The molecule has 2 N–H and O–H groups in total. The van der Waals surface area contributed by atoms with Gasteiger partial charge in [-0.05, 0) is 30.5 Å². The van der Waals surface area contributed by atoms with Gasteiger partial charge in [0.2, 0.25) is 5.91 Å². The smallest absolute Gasteiger partial charge is 0.230 e. The summed E-state index contributed by atoms with van der Waals surface area (Å²) in [6.45, 7) is 3.60. The van der Waals surface area contributed by atoms with Crippen molar-refractivity contribution in [3.8, 4) is 0 Å². The average molecular weight is 361 g/mol. The summed E-state index contributed by atoms with van der Waals surface area (Å²) in [4.78, 5) is 12.8. The highest BCUT2D eigenvalue weighted by Gasteiger charge is 2.41. The summed E-state index contributed by atoms with van der Waals surface area (Å²) in [6, 6.07) is 6.34. The Labute approximate surface area is 148 Å². The summed E-state index contributed by atoms with van der Waals surface area (Å²) in [5, 5.41) is 6.15. The molecule has 0 radical (unpaired) electrons. The maximum absolute atomic E-state index is 13.6. The van der Waals surface area contributed by atoms with Crippen molar-refractivity contribution in [2.45, 2.75) is 18.3 Å². The van der Waals surface area contributed by atoms with Crippen LogP contribution >= 0.6 is 12.4 Å². The predicted molar refractivity (Wildman–Crippen MR) is 93.1 cm³/mol. The molecule has 2 rings (SSSR count). The Morgan fingerprint density at radius 1 is 1.29 bits per heavy atom. The molecule has 1 aromatic carbocycles. The Hall–Kier alpha value is -1.21. The molecule has 1 aliphatic rings. The Balaban J connectivity index is 0.00000288. The van der Waals surface area contributed by atoms with Gasteiger partial charge in [-0.1, -0.05) is 12.1 Å². The number of hydrogen-bond donors (Lipinski definition) is 2. The SMILES string of the molecule is COCCNCCNC(=O)C1(c2cccc(F)c2)CCOCC1.Cl. The first-order valence-corrected chi connectivity index (χ1v) is 8.01. The Bertz CT molecular complexity index is 510. The second-order valence-corrected chi connectivity index (χ2v) is 5.70. The van der Waals surface area contributed by atoms with Crippen LogP contribution in [0.2, 0.25) is 0 Å². The molecule has 1 heterocycles. The average Bonchev–Trinajstić information content (AvgIpc) is 2.58. The summed E-state index contributed by atoms with van der Waals surface area (Å²) in [6.07, 6.45) is 1.14. The zero-order valence-corrected chi connectivity index (χ0v) is 14.8. The minimum atomic E-state index is -0.702. The quantitative estimate of drug-likeness (QED) is 0.692. The third-order valence-corrected chi connectivity index (χ3v) is 4.23. The van der Waals surface area contributed by atoms with E-state index in [0.29, 0.717) is 45.8 Å². The minimum absolute atomic E-state index is 0. The number of carbonyl (C=O) groups is 1. The van der Waals surface area contributed by atoms with Crippen LogP contribution in [-0.4, -0.2) is 52.5 Å². The van der Waals surface area contributed by atoms with Crippen LogP contribution in [0.4, 0.5) is 4.39 Å². The Morgan fingerprint density at radius 2 is 2.04 bits per heavy atom. The molecule has 5 nitrogen and oxygen atoms in total. The lowest BCUT2D eigenvalue weighted by molar-refractivity contribution is -0.130. The predicted octanol–water partition coefficient (Wildman–Crippen LogP) is 1.65. The monoisotopic (exact) mass is 360 g/mol. The molecule has 7 heteroatoms. The molecule has 136 valence electrons. The van der Waals surface area contributed by atoms with Crippen LogP contribution in [0.15, 0.2) is 24.3 Å². The lowest BCUT2D eigenvalue weighted by atomic mass is 9.73. The van der Waals surface area contributed by atoms with E-state index in [1.165, 1.54) is 12.1 Å². The minimum Gasteiger partial charge on any atom is -0.383 e. The number of halogens is 2. The van der Waals surface area contributed by atoms with E-state index in [1.54, 1.807) is 13.2 Å². The van der Waals surface area contributed by atoms with E-state index in [0.717, 1.165) is 12.1 Å². The maximum atomic E-state index is 13.6. The molecule has 0 spiro atoms. The summed E-state index contributed by atoms with van der Waals surface area (Å²) >= 11 is 0. The van der Waals surface area contributed by atoms with Gasteiger partial charge in [-0.25, -0.2) is 4.39 Å². The van der Waals surface area contributed by atoms with Crippen molar-refractivity contribution >= 4 is 18.3 Å². The van der Waals surface area contributed by atoms with Gasteiger partial charge in [0.1, 0.15) is 5.82 Å². The van der Waals surface area contributed by atoms with Crippen LogP contribution in [0, 0.1) is 5.82 Å². The van der Waals surface area contributed by atoms with Crippen LogP contribution in [0.3, 0.4) is 0 Å². The standard InChI is InChI=1S/C17H25FN2O3.ClH/c1-22-12-9-19-7-8-20-16(21)17(5-10-23-11-6-17)14-3-2-4-15(18)13-14;/h2-4,13,19H,5-12H2,1H3,(H,20,21);1H. The van der Waals surface area contributed by atoms with Gasteiger partial charge < -0.3 is 20.1 Å². The van der Waals surface area contributed by atoms with Gasteiger partial charge in [0.25, 0.3) is 0 Å². The van der Waals surface area contributed by atoms with Crippen LogP contribution in [0.25, 0.3) is 0 Å². The first-order chi connectivity index (χ1) is 11.2. The van der Waals surface area contributed by atoms with Gasteiger partial charge in [0, 0.05) is 40.0 Å². The van der Waals surface area contributed by atoms with Crippen molar-refractivity contribution in [1.82, 2.24) is 10.6 Å².